The Hall–Kier alpha value is -3.68. The summed E-state index contributed by atoms with van der Waals surface area (Å²) in [4.78, 5) is 49.9. The second kappa shape index (κ2) is 12.2. The fraction of sp³-hybridized carbons (Fsp3) is 0.333. The van der Waals surface area contributed by atoms with Crippen LogP contribution in [0.15, 0.2) is 54.6 Å². The molecule has 0 saturated carbocycles. The van der Waals surface area contributed by atoms with Gasteiger partial charge in [0.2, 0.25) is 5.91 Å². The number of ether oxygens (including phenoxy) is 2. The van der Waals surface area contributed by atoms with Crippen molar-refractivity contribution in [2.45, 2.75) is 33.2 Å². The van der Waals surface area contributed by atoms with Gasteiger partial charge >= 0.3 is 11.9 Å². The molecular weight excluding hydrogens is 412 g/mol. The van der Waals surface area contributed by atoms with Crippen LogP contribution in [0.2, 0.25) is 0 Å². The highest BCUT2D eigenvalue weighted by atomic mass is 16.5. The maximum Gasteiger partial charge on any atom is 0.326 e. The number of esters is 2. The van der Waals surface area contributed by atoms with Gasteiger partial charge in [-0.05, 0) is 31.5 Å². The third-order valence-corrected chi connectivity index (χ3v) is 4.55. The lowest BCUT2D eigenvalue weighted by Gasteiger charge is -2.22. The molecule has 2 amide bonds. The lowest BCUT2D eigenvalue weighted by atomic mass is 10.0. The first-order valence-electron chi connectivity index (χ1n) is 10.3. The average molecular weight is 440 g/mol. The monoisotopic (exact) mass is 440 g/mol. The van der Waals surface area contributed by atoms with Crippen LogP contribution in [0.1, 0.15) is 37.4 Å². The largest absolute Gasteiger partial charge is 0.465 e. The molecule has 0 aliphatic rings. The van der Waals surface area contributed by atoms with E-state index in [1.807, 2.05) is 31.2 Å². The molecule has 0 radical (unpaired) electrons. The Morgan fingerprint density at radius 1 is 0.938 bits per heavy atom. The molecular formula is C24H28N2O6. The van der Waals surface area contributed by atoms with Gasteiger partial charge in [-0.25, -0.2) is 0 Å². The van der Waals surface area contributed by atoms with Gasteiger partial charge in [-0.1, -0.05) is 48.0 Å². The highest BCUT2D eigenvalue weighted by Crippen LogP contribution is 2.19. The molecule has 2 aromatic rings. The molecule has 32 heavy (non-hydrogen) atoms. The molecule has 1 N–H and O–H groups in total. The summed E-state index contributed by atoms with van der Waals surface area (Å²) in [6, 6.07) is 15.4. The Bertz CT molecular complexity index is 927. The van der Waals surface area contributed by atoms with Gasteiger partial charge in [-0.15, -0.1) is 0 Å². The number of aryl methyl sites for hydroxylation is 1. The highest BCUT2D eigenvalue weighted by Gasteiger charge is 2.23. The number of amides is 2. The van der Waals surface area contributed by atoms with E-state index in [1.54, 1.807) is 37.3 Å². The molecule has 0 saturated heterocycles. The molecule has 1 unspecified atom stereocenters. The molecule has 0 bridgehead atoms. The predicted octanol–water partition coefficient (Wildman–Crippen LogP) is 2.70. The molecule has 2 rings (SSSR count). The zero-order valence-corrected chi connectivity index (χ0v) is 18.5. The summed E-state index contributed by atoms with van der Waals surface area (Å²) < 4.78 is 10.1. The number of anilines is 1. The molecule has 0 spiro atoms. The van der Waals surface area contributed by atoms with E-state index in [-0.39, 0.29) is 25.5 Å². The van der Waals surface area contributed by atoms with Gasteiger partial charge in [-0.2, -0.15) is 0 Å². The van der Waals surface area contributed by atoms with Gasteiger partial charge in [0, 0.05) is 12.6 Å². The van der Waals surface area contributed by atoms with Crippen molar-refractivity contribution in [2.75, 3.05) is 24.7 Å². The van der Waals surface area contributed by atoms with Crippen LogP contribution < -0.4 is 10.2 Å². The van der Waals surface area contributed by atoms with Crippen LogP contribution >= 0.6 is 0 Å². The van der Waals surface area contributed by atoms with Crippen LogP contribution in [0.25, 0.3) is 0 Å². The minimum atomic E-state index is -0.651. The Balaban J connectivity index is 2.03. The summed E-state index contributed by atoms with van der Waals surface area (Å²) in [6.07, 6.45) is -0.140. The topological polar surface area (TPSA) is 102 Å². The van der Waals surface area contributed by atoms with Gasteiger partial charge in [-0.3, -0.25) is 24.1 Å². The predicted molar refractivity (Wildman–Crippen MR) is 119 cm³/mol. The molecule has 8 heteroatoms. The van der Waals surface area contributed by atoms with Crippen molar-refractivity contribution in [3.05, 3.63) is 65.7 Å². The van der Waals surface area contributed by atoms with Crippen molar-refractivity contribution in [3.8, 4) is 0 Å². The second-order valence-electron chi connectivity index (χ2n) is 7.15. The molecule has 1 atom stereocenters. The summed E-state index contributed by atoms with van der Waals surface area (Å²) in [6.45, 7) is 4.32. The second-order valence-corrected chi connectivity index (χ2v) is 7.15. The molecule has 0 aliphatic carbocycles. The van der Waals surface area contributed by atoms with Crippen LogP contribution in [-0.2, 0) is 28.7 Å². The van der Waals surface area contributed by atoms with Crippen molar-refractivity contribution in [1.29, 1.82) is 0 Å². The van der Waals surface area contributed by atoms with Crippen LogP contribution in [0, 0.1) is 6.92 Å². The van der Waals surface area contributed by atoms with Gasteiger partial charge < -0.3 is 14.8 Å². The maximum absolute atomic E-state index is 12.7. The molecule has 170 valence electrons. The zero-order valence-electron chi connectivity index (χ0n) is 18.5. The summed E-state index contributed by atoms with van der Waals surface area (Å²) >= 11 is 0. The van der Waals surface area contributed by atoms with Gasteiger partial charge in [0.15, 0.2) is 6.61 Å². The Morgan fingerprint density at radius 2 is 1.59 bits per heavy atom. The Morgan fingerprint density at radius 3 is 2.19 bits per heavy atom. The minimum absolute atomic E-state index is 0.140. The quantitative estimate of drug-likeness (QED) is 0.570. The number of carbonyl (C=O) groups is 4. The van der Waals surface area contributed by atoms with Crippen LogP contribution in [0.5, 0.6) is 0 Å². The molecule has 0 aliphatic heterocycles. The van der Waals surface area contributed by atoms with Crippen molar-refractivity contribution in [2.24, 2.45) is 0 Å². The van der Waals surface area contributed by atoms with E-state index in [9.17, 15) is 19.2 Å². The van der Waals surface area contributed by atoms with Crippen molar-refractivity contribution in [1.82, 2.24) is 5.32 Å². The Kier molecular flexibility index (Phi) is 9.41. The van der Waals surface area contributed by atoms with Crippen LogP contribution in [-0.4, -0.2) is 43.5 Å². The van der Waals surface area contributed by atoms with E-state index in [0.29, 0.717) is 5.69 Å². The fourth-order valence-corrected chi connectivity index (χ4v) is 3.01. The van der Waals surface area contributed by atoms with Crippen molar-refractivity contribution < 1.29 is 28.7 Å². The summed E-state index contributed by atoms with van der Waals surface area (Å²) in [5.41, 5.74) is 2.28. The Labute approximate surface area is 187 Å². The number of para-hydroxylation sites is 1. The fourth-order valence-electron chi connectivity index (χ4n) is 3.01. The average Bonchev–Trinajstić information content (AvgIpc) is 2.76. The third kappa shape index (κ3) is 7.86. The van der Waals surface area contributed by atoms with E-state index in [0.717, 1.165) is 11.1 Å². The van der Waals surface area contributed by atoms with E-state index >= 15 is 0 Å². The van der Waals surface area contributed by atoms with Gasteiger partial charge in [0.1, 0.15) is 6.54 Å². The van der Waals surface area contributed by atoms with Gasteiger partial charge in [0.25, 0.3) is 5.91 Å². The lowest BCUT2D eigenvalue weighted by Crippen LogP contribution is -2.39. The zero-order chi connectivity index (χ0) is 23.5. The SMILES string of the molecule is CCOC(=O)CN(C(=O)COC(=O)CC(NC(C)=O)c1ccc(C)cc1)c1ccccc1. The maximum atomic E-state index is 12.7. The highest BCUT2D eigenvalue weighted by molar-refractivity contribution is 5.99. The van der Waals surface area contributed by atoms with E-state index < -0.39 is 30.5 Å². The first-order valence-corrected chi connectivity index (χ1v) is 10.3. The number of hydrogen-bond donors (Lipinski definition) is 1. The van der Waals surface area contributed by atoms with E-state index in [4.69, 9.17) is 9.47 Å². The van der Waals surface area contributed by atoms with Crippen LogP contribution in [0.4, 0.5) is 5.69 Å². The number of rotatable bonds is 10. The molecule has 0 fully saturated rings. The molecule has 2 aromatic carbocycles. The normalized spacial score (nSPS) is 11.2. The number of benzene rings is 2. The number of nitrogens with zero attached hydrogens (tertiary/aromatic N) is 1. The van der Waals surface area contributed by atoms with E-state index in [1.165, 1.54) is 11.8 Å². The summed E-state index contributed by atoms with van der Waals surface area (Å²) in [5, 5.41) is 2.73. The molecule has 0 heterocycles. The number of carbonyl (C=O) groups excluding carboxylic acids is 4. The lowest BCUT2D eigenvalue weighted by molar-refractivity contribution is -0.148. The number of hydrogen-bond acceptors (Lipinski definition) is 6. The summed E-state index contributed by atoms with van der Waals surface area (Å²) in [7, 11) is 0. The van der Waals surface area contributed by atoms with Gasteiger partial charge in [0.05, 0.1) is 19.1 Å². The summed E-state index contributed by atoms with van der Waals surface area (Å²) in [5.74, 6) is -2.07. The molecule has 0 aromatic heterocycles. The first kappa shape index (κ1) is 24.6. The van der Waals surface area contributed by atoms with Crippen molar-refractivity contribution >= 4 is 29.4 Å². The van der Waals surface area contributed by atoms with Crippen molar-refractivity contribution in [3.63, 3.8) is 0 Å². The van der Waals surface area contributed by atoms with E-state index in [2.05, 4.69) is 5.32 Å². The smallest absolute Gasteiger partial charge is 0.326 e. The standard InChI is InChI=1S/C24H28N2O6/c1-4-31-24(30)15-26(20-8-6-5-7-9-20)22(28)16-32-23(29)14-21(25-18(3)27)19-12-10-17(2)11-13-19/h5-13,21H,4,14-16H2,1-3H3,(H,25,27). The molecule has 8 nitrogen and oxygen atoms in total. The number of nitrogens with one attached hydrogen (secondary N) is 1. The minimum Gasteiger partial charge on any atom is -0.465 e. The third-order valence-electron chi connectivity index (χ3n) is 4.55. The first-order chi connectivity index (χ1) is 15.3. The van der Waals surface area contributed by atoms with Crippen LogP contribution in [0.3, 0.4) is 0 Å².